The molecule has 3 nitrogen and oxygen atoms in total. The van der Waals surface area contributed by atoms with Crippen LogP contribution in [0.25, 0.3) is 5.57 Å². The lowest BCUT2D eigenvalue weighted by Gasteiger charge is -2.03. The molecule has 0 saturated heterocycles. The third-order valence-electron chi connectivity index (χ3n) is 3.24. The summed E-state index contributed by atoms with van der Waals surface area (Å²) >= 11 is 1.66. The van der Waals surface area contributed by atoms with Gasteiger partial charge in [0.15, 0.2) is 0 Å². The van der Waals surface area contributed by atoms with Gasteiger partial charge in [-0.1, -0.05) is 0 Å². The van der Waals surface area contributed by atoms with E-state index in [2.05, 4.69) is 10.6 Å². The highest BCUT2D eigenvalue weighted by Gasteiger charge is 2.24. The standard InChI is InChI=1S/C16H13FN2OS/c1-21-12-5-3-11(4-6-12)18-9-14-13-8-10(17)2-7-15(13)19-16(14)20/h2-9,18H,1H3,(H,19,20). The van der Waals surface area contributed by atoms with E-state index in [1.807, 2.05) is 30.5 Å². The quantitative estimate of drug-likeness (QED) is 0.666. The number of hydrogen-bond acceptors (Lipinski definition) is 3. The molecular weight excluding hydrogens is 287 g/mol. The summed E-state index contributed by atoms with van der Waals surface area (Å²) in [7, 11) is 0. The van der Waals surface area contributed by atoms with Crippen molar-refractivity contribution in [2.45, 2.75) is 4.90 Å². The maximum atomic E-state index is 13.3. The molecule has 0 fully saturated rings. The summed E-state index contributed by atoms with van der Waals surface area (Å²) in [5, 5.41) is 5.79. The van der Waals surface area contributed by atoms with Crippen LogP contribution >= 0.6 is 11.8 Å². The van der Waals surface area contributed by atoms with Crippen LogP contribution in [0.1, 0.15) is 5.56 Å². The van der Waals surface area contributed by atoms with Crippen LogP contribution in [-0.2, 0) is 4.79 Å². The number of rotatable bonds is 3. The molecule has 1 amide bonds. The second-order valence-electron chi connectivity index (χ2n) is 4.57. The highest BCUT2D eigenvalue weighted by molar-refractivity contribution is 7.98. The van der Waals surface area contributed by atoms with Crippen LogP contribution in [0.2, 0.25) is 0 Å². The zero-order valence-electron chi connectivity index (χ0n) is 11.3. The Morgan fingerprint density at radius 2 is 1.95 bits per heavy atom. The molecule has 2 aromatic carbocycles. The summed E-state index contributed by atoms with van der Waals surface area (Å²) in [5.74, 6) is -0.593. The first-order valence-electron chi connectivity index (χ1n) is 6.39. The molecule has 0 bridgehead atoms. The van der Waals surface area contributed by atoms with Gasteiger partial charge in [-0.15, -0.1) is 11.8 Å². The minimum Gasteiger partial charge on any atom is -0.361 e. The molecule has 0 saturated carbocycles. The summed E-state index contributed by atoms with van der Waals surface area (Å²) < 4.78 is 13.3. The van der Waals surface area contributed by atoms with E-state index in [9.17, 15) is 9.18 Å². The maximum Gasteiger partial charge on any atom is 0.257 e. The number of nitrogens with one attached hydrogen (secondary N) is 2. The lowest BCUT2D eigenvalue weighted by Crippen LogP contribution is -2.05. The summed E-state index contributed by atoms with van der Waals surface area (Å²) in [6.07, 6.45) is 3.62. The Morgan fingerprint density at radius 1 is 1.19 bits per heavy atom. The van der Waals surface area contributed by atoms with Crippen molar-refractivity contribution < 1.29 is 9.18 Å². The molecule has 2 N–H and O–H groups in total. The molecule has 1 aliphatic rings. The van der Waals surface area contributed by atoms with Crippen LogP contribution in [0.4, 0.5) is 15.8 Å². The summed E-state index contributed by atoms with van der Waals surface area (Å²) in [4.78, 5) is 13.1. The molecule has 0 spiro atoms. The lowest BCUT2D eigenvalue weighted by atomic mass is 10.1. The van der Waals surface area contributed by atoms with Crippen molar-refractivity contribution in [1.82, 2.24) is 0 Å². The van der Waals surface area contributed by atoms with E-state index in [-0.39, 0.29) is 11.7 Å². The van der Waals surface area contributed by atoms with Crippen LogP contribution in [-0.4, -0.2) is 12.2 Å². The van der Waals surface area contributed by atoms with E-state index in [0.717, 1.165) is 5.69 Å². The van der Waals surface area contributed by atoms with Gasteiger partial charge in [0, 0.05) is 28.0 Å². The number of halogens is 1. The molecule has 1 aliphatic heterocycles. The summed E-state index contributed by atoms with van der Waals surface area (Å²) in [5.41, 5.74) is 2.51. The number of fused-ring (bicyclic) bond motifs is 1. The second-order valence-corrected chi connectivity index (χ2v) is 5.45. The fourth-order valence-corrected chi connectivity index (χ4v) is 2.55. The SMILES string of the molecule is CSc1ccc(NC=C2C(=O)Nc3ccc(F)cc32)cc1. The smallest absolute Gasteiger partial charge is 0.257 e. The monoisotopic (exact) mass is 300 g/mol. The fraction of sp³-hybridized carbons (Fsp3) is 0.0625. The van der Waals surface area contributed by atoms with Crippen molar-refractivity contribution >= 4 is 34.6 Å². The predicted octanol–water partition coefficient (Wildman–Crippen LogP) is 3.95. The van der Waals surface area contributed by atoms with Crippen LogP contribution in [0.15, 0.2) is 53.6 Å². The van der Waals surface area contributed by atoms with Crippen LogP contribution in [0, 0.1) is 5.82 Å². The largest absolute Gasteiger partial charge is 0.361 e. The highest BCUT2D eigenvalue weighted by atomic mass is 32.2. The fourth-order valence-electron chi connectivity index (χ4n) is 2.15. The van der Waals surface area contributed by atoms with Crippen LogP contribution in [0.5, 0.6) is 0 Å². The highest BCUT2D eigenvalue weighted by Crippen LogP contribution is 2.32. The Morgan fingerprint density at radius 3 is 2.67 bits per heavy atom. The Bertz CT molecular complexity index is 726. The van der Waals surface area contributed by atoms with Crippen molar-refractivity contribution in [1.29, 1.82) is 0 Å². The predicted molar refractivity (Wildman–Crippen MR) is 84.9 cm³/mol. The average Bonchev–Trinajstić information content (AvgIpc) is 2.80. The molecule has 0 aliphatic carbocycles. The third-order valence-corrected chi connectivity index (χ3v) is 3.98. The third kappa shape index (κ3) is 2.78. The number of benzene rings is 2. The van der Waals surface area contributed by atoms with E-state index < -0.39 is 0 Å². The molecular formula is C16H13FN2OS. The molecule has 0 unspecified atom stereocenters. The molecule has 3 rings (SSSR count). The maximum absolute atomic E-state index is 13.3. The zero-order valence-corrected chi connectivity index (χ0v) is 12.1. The van der Waals surface area contributed by atoms with Gasteiger partial charge in [-0.05, 0) is 48.7 Å². The van der Waals surface area contributed by atoms with Gasteiger partial charge in [-0.2, -0.15) is 0 Å². The number of amides is 1. The van der Waals surface area contributed by atoms with Crippen molar-refractivity contribution in [2.24, 2.45) is 0 Å². The van der Waals surface area contributed by atoms with Crippen molar-refractivity contribution in [3.8, 4) is 0 Å². The first-order chi connectivity index (χ1) is 10.2. The molecule has 0 radical (unpaired) electrons. The molecule has 2 aromatic rings. The Kier molecular flexibility index (Phi) is 3.66. The van der Waals surface area contributed by atoms with Crippen molar-refractivity contribution in [3.63, 3.8) is 0 Å². The van der Waals surface area contributed by atoms with Gasteiger partial charge in [-0.3, -0.25) is 4.79 Å². The first kappa shape index (κ1) is 13.7. The number of carbonyl (C=O) groups excluding carboxylic acids is 1. The number of thioether (sulfide) groups is 1. The lowest BCUT2D eigenvalue weighted by molar-refractivity contribution is -0.110. The molecule has 21 heavy (non-hydrogen) atoms. The van der Waals surface area contributed by atoms with Gasteiger partial charge in [0.2, 0.25) is 0 Å². The van der Waals surface area contributed by atoms with Crippen LogP contribution in [0.3, 0.4) is 0 Å². The Balaban J connectivity index is 1.86. The Labute approximate surface area is 126 Å². The topological polar surface area (TPSA) is 41.1 Å². The Hall–Kier alpha value is -2.27. The van der Waals surface area contributed by atoms with Gasteiger partial charge >= 0.3 is 0 Å². The number of hydrogen-bond donors (Lipinski definition) is 2. The molecule has 106 valence electrons. The van der Waals surface area contributed by atoms with Gasteiger partial charge < -0.3 is 10.6 Å². The molecule has 0 aromatic heterocycles. The first-order valence-corrected chi connectivity index (χ1v) is 7.62. The molecule has 0 atom stereocenters. The molecule has 1 heterocycles. The average molecular weight is 300 g/mol. The minimum atomic E-state index is -0.361. The van der Waals surface area contributed by atoms with Crippen molar-refractivity contribution in [2.75, 3.05) is 16.9 Å². The molecule has 5 heteroatoms. The summed E-state index contributed by atoms with van der Waals surface area (Å²) in [6.45, 7) is 0. The van der Waals surface area contributed by atoms with Gasteiger partial charge in [0.25, 0.3) is 5.91 Å². The second kappa shape index (κ2) is 5.61. The number of anilines is 2. The normalized spacial score (nSPS) is 15.0. The van der Waals surface area contributed by atoms with Crippen LogP contribution < -0.4 is 10.6 Å². The van der Waals surface area contributed by atoms with Crippen molar-refractivity contribution in [3.05, 3.63) is 60.0 Å². The van der Waals surface area contributed by atoms with E-state index in [0.29, 0.717) is 16.8 Å². The van der Waals surface area contributed by atoms with E-state index in [1.54, 1.807) is 24.0 Å². The van der Waals surface area contributed by atoms with E-state index in [1.165, 1.54) is 17.0 Å². The minimum absolute atomic E-state index is 0.233. The zero-order chi connectivity index (χ0) is 14.8. The summed E-state index contributed by atoms with van der Waals surface area (Å²) in [6, 6.07) is 12.1. The van der Waals surface area contributed by atoms with E-state index in [4.69, 9.17) is 0 Å². The van der Waals surface area contributed by atoms with Gasteiger partial charge in [0.05, 0.1) is 5.57 Å². The van der Waals surface area contributed by atoms with Gasteiger partial charge in [-0.25, -0.2) is 4.39 Å². The number of carbonyl (C=O) groups is 1. The van der Waals surface area contributed by atoms with E-state index >= 15 is 0 Å². The van der Waals surface area contributed by atoms with Gasteiger partial charge in [0.1, 0.15) is 5.82 Å².